The van der Waals surface area contributed by atoms with Gasteiger partial charge < -0.3 is 10.4 Å². The fraction of sp³-hybridized carbons (Fsp3) is 0.385. The van der Waals surface area contributed by atoms with Crippen LogP contribution in [0.1, 0.15) is 51.4 Å². The minimum atomic E-state index is -1.07. The third kappa shape index (κ3) is 3.46. The van der Waals surface area contributed by atoms with Crippen LogP contribution in [0.25, 0.3) is 0 Å². The van der Waals surface area contributed by atoms with Crippen LogP contribution in [0.15, 0.2) is 11.4 Å². The molecule has 0 aliphatic heterocycles. The Hall–Kier alpha value is -2.22. The number of hydrogen-bond acceptors (Lipinski definition) is 5. The molecule has 1 amide bonds. The van der Waals surface area contributed by atoms with Crippen molar-refractivity contribution in [3.8, 4) is 0 Å². The molecule has 0 atom stereocenters. The molecule has 2 N–H and O–H groups in total. The van der Waals surface area contributed by atoms with Crippen LogP contribution in [0.3, 0.4) is 0 Å². The molecule has 0 aliphatic rings. The summed E-state index contributed by atoms with van der Waals surface area (Å²) in [6.45, 7) is 4.21. The predicted molar refractivity (Wildman–Crippen MR) is 77.5 cm³/mol. The predicted octanol–water partition coefficient (Wildman–Crippen LogP) is 1.63. The quantitative estimate of drug-likeness (QED) is 0.875. The zero-order valence-corrected chi connectivity index (χ0v) is 12.8. The van der Waals surface area contributed by atoms with Crippen molar-refractivity contribution in [2.45, 2.75) is 26.3 Å². The van der Waals surface area contributed by atoms with Gasteiger partial charge in [-0.25, -0.2) is 9.78 Å². The van der Waals surface area contributed by atoms with Crippen molar-refractivity contribution < 1.29 is 14.7 Å². The number of nitrogens with one attached hydrogen (secondary N) is 1. The molecule has 0 radical (unpaired) electrons. The molecule has 0 aromatic carbocycles. The monoisotopic (exact) mass is 308 g/mol. The summed E-state index contributed by atoms with van der Waals surface area (Å²) in [5.74, 6) is -1.09. The standard InChI is InChI=1S/C13H16N4O3S/c1-7(2)8-4-10(17(3)16-8)12(18)14-5-11-15-9(6-21-11)13(19)20/h4,6-7H,5H2,1-3H3,(H,14,18)(H,19,20). The normalized spacial score (nSPS) is 10.9. The Morgan fingerprint density at radius 3 is 2.71 bits per heavy atom. The second-order valence-corrected chi connectivity index (χ2v) is 5.79. The van der Waals surface area contributed by atoms with Crippen molar-refractivity contribution in [2.75, 3.05) is 0 Å². The fourth-order valence-electron chi connectivity index (χ4n) is 1.72. The summed E-state index contributed by atoms with van der Waals surface area (Å²) < 4.78 is 1.54. The van der Waals surface area contributed by atoms with Gasteiger partial charge in [-0.15, -0.1) is 11.3 Å². The molecule has 2 aromatic rings. The van der Waals surface area contributed by atoms with E-state index in [0.717, 1.165) is 5.69 Å². The number of aryl methyl sites for hydroxylation is 1. The average Bonchev–Trinajstić information content (AvgIpc) is 3.02. The molecule has 7 nitrogen and oxygen atoms in total. The largest absolute Gasteiger partial charge is 0.476 e. The van der Waals surface area contributed by atoms with Gasteiger partial charge in [0, 0.05) is 12.4 Å². The number of aromatic nitrogens is 3. The molecule has 0 saturated carbocycles. The number of nitrogens with zero attached hydrogens (tertiary/aromatic N) is 3. The molecule has 21 heavy (non-hydrogen) atoms. The summed E-state index contributed by atoms with van der Waals surface area (Å²) in [7, 11) is 1.71. The van der Waals surface area contributed by atoms with Gasteiger partial charge in [-0.05, 0) is 12.0 Å². The lowest BCUT2D eigenvalue weighted by Crippen LogP contribution is -2.25. The van der Waals surface area contributed by atoms with E-state index in [0.29, 0.717) is 10.7 Å². The van der Waals surface area contributed by atoms with Gasteiger partial charge in [-0.3, -0.25) is 9.48 Å². The van der Waals surface area contributed by atoms with E-state index < -0.39 is 5.97 Å². The zero-order chi connectivity index (χ0) is 15.6. The highest BCUT2D eigenvalue weighted by atomic mass is 32.1. The van der Waals surface area contributed by atoms with Crippen LogP contribution in [0.4, 0.5) is 0 Å². The van der Waals surface area contributed by atoms with Crippen molar-refractivity contribution in [3.05, 3.63) is 33.5 Å². The lowest BCUT2D eigenvalue weighted by Gasteiger charge is -2.02. The Balaban J connectivity index is 2.02. The lowest BCUT2D eigenvalue weighted by atomic mass is 10.1. The van der Waals surface area contributed by atoms with E-state index in [2.05, 4.69) is 15.4 Å². The molecule has 112 valence electrons. The summed E-state index contributed by atoms with van der Waals surface area (Å²) >= 11 is 1.20. The zero-order valence-electron chi connectivity index (χ0n) is 12.0. The van der Waals surface area contributed by atoms with Gasteiger partial charge in [0.05, 0.1) is 12.2 Å². The van der Waals surface area contributed by atoms with E-state index in [1.54, 1.807) is 13.1 Å². The SMILES string of the molecule is CC(C)c1cc(C(=O)NCc2nc(C(=O)O)cs2)n(C)n1. The Morgan fingerprint density at radius 2 is 2.19 bits per heavy atom. The summed E-state index contributed by atoms with van der Waals surface area (Å²) in [4.78, 5) is 26.7. The molecule has 0 bridgehead atoms. The second-order valence-electron chi connectivity index (χ2n) is 4.85. The minimum Gasteiger partial charge on any atom is -0.476 e. The number of aromatic carboxylic acids is 1. The van der Waals surface area contributed by atoms with E-state index in [1.165, 1.54) is 21.4 Å². The smallest absolute Gasteiger partial charge is 0.355 e. The number of thiazole rings is 1. The van der Waals surface area contributed by atoms with Crippen molar-refractivity contribution in [1.29, 1.82) is 0 Å². The summed E-state index contributed by atoms with van der Waals surface area (Å²) in [6.07, 6.45) is 0. The molecule has 0 spiro atoms. The van der Waals surface area contributed by atoms with Crippen molar-refractivity contribution in [1.82, 2.24) is 20.1 Å². The van der Waals surface area contributed by atoms with Gasteiger partial charge >= 0.3 is 5.97 Å². The van der Waals surface area contributed by atoms with E-state index in [4.69, 9.17) is 5.11 Å². The van der Waals surface area contributed by atoms with Gasteiger partial charge in [0.2, 0.25) is 0 Å². The number of carboxylic acids is 1. The maximum atomic E-state index is 12.1. The van der Waals surface area contributed by atoms with E-state index >= 15 is 0 Å². The maximum absolute atomic E-state index is 12.1. The number of carbonyl (C=O) groups is 2. The van der Waals surface area contributed by atoms with Crippen LogP contribution in [0, 0.1) is 0 Å². The first-order valence-electron chi connectivity index (χ1n) is 6.38. The van der Waals surface area contributed by atoms with Crippen molar-refractivity contribution in [3.63, 3.8) is 0 Å². The van der Waals surface area contributed by atoms with E-state index in [1.807, 2.05) is 13.8 Å². The molecule has 2 aromatic heterocycles. The molecular formula is C13H16N4O3S. The van der Waals surface area contributed by atoms with Gasteiger partial charge in [0.25, 0.3) is 5.91 Å². The number of rotatable bonds is 5. The van der Waals surface area contributed by atoms with Crippen LogP contribution < -0.4 is 5.32 Å². The number of carbonyl (C=O) groups excluding carboxylic acids is 1. The third-order valence-electron chi connectivity index (χ3n) is 2.89. The molecule has 0 fully saturated rings. The highest BCUT2D eigenvalue weighted by Crippen LogP contribution is 2.14. The minimum absolute atomic E-state index is 0.00752. The van der Waals surface area contributed by atoms with Crippen LogP contribution >= 0.6 is 11.3 Å². The van der Waals surface area contributed by atoms with Crippen molar-refractivity contribution in [2.24, 2.45) is 7.05 Å². The van der Waals surface area contributed by atoms with E-state index in [9.17, 15) is 9.59 Å². The molecule has 8 heteroatoms. The summed E-state index contributed by atoms with van der Waals surface area (Å²) in [5.41, 5.74) is 1.31. The Labute approximate surface area is 125 Å². The third-order valence-corrected chi connectivity index (χ3v) is 3.74. The first-order valence-corrected chi connectivity index (χ1v) is 7.26. The number of amides is 1. The van der Waals surface area contributed by atoms with Gasteiger partial charge in [-0.2, -0.15) is 5.10 Å². The highest BCUT2D eigenvalue weighted by molar-refractivity contribution is 7.09. The topological polar surface area (TPSA) is 97.1 Å². The van der Waals surface area contributed by atoms with Crippen LogP contribution in [0.2, 0.25) is 0 Å². The van der Waals surface area contributed by atoms with Gasteiger partial charge in [0.1, 0.15) is 10.7 Å². The van der Waals surface area contributed by atoms with Crippen LogP contribution in [-0.4, -0.2) is 31.7 Å². The highest BCUT2D eigenvalue weighted by Gasteiger charge is 2.15. The maximum Gasteiger partial charge on any atom is 0.355 e. The van der Waals surface area contributed by atoms with Crippen molar-refractivity contribution >= 4 is 23.2 Å². The number of carboxylic acid groups (broad SMARTS) is 1. The lowest BCUT2D eigenvalue weighted by molar-refractivity contribution is 0.0691. The molecule has 0 saturated heterocycles. The molecule has 2 rings (SSSR count). The summed E-state index contributed by atoms with van der Waals surface area (Å²) in [6, 6.07) is 1.75. The van der Waals surface area contributed by atoms with Crippen LogP contribution in [0.5, 0.6) is 0 Å². The second kappa shape index (κ2) is 6.04. The molecule has 2 heterocycles. The Morgan fingerprint density at radius 1 is 1.48 bits per heavy atom. The summed E-state index contributed by atoms with van der Waals surface area (Å²) in [5, 5.41) is 17.8. The molecule has 0 aliphatic carbocycles. The first kappa shape index (κ1) is 15.2. The van der Waals surface area contributed by atoms with Gasteiger partial charge in [0.15, 0.2) is 5.69 Å². The first-order chi connectivity index (χ1) is 9.88. The Kier molecular flexibility index (Phi) is 4.37. The molecule has 0 unspecified atom stereocenters. The van der Waals surface area contributed by atoms with E-state index in [-0.39, 0.29) is 24.1 Å². The Bertz CT molecular complexity index is 675. The molecular weight excluding hydrogens is 292 g/mol. The van der Waals surface area contributed by atoms with Crippen LogP contribution in [-0.2, 0) is 13.6 Å². The fourth-order valence-corrected chi connectivity index (χ4v) is 2.43. The van der Waals surface area contributed by atoms with Gasteiger partial charge in [-0.1, -0.05) is 13.8 Å². The average molecular weight is 308 g/mol. The number of hydrogen-bond donors (Lipinski definition) is 2.